The van der Waals surface area contributed by atoms with Gasteiger partial charge in [0.05, 0.1) is 5.69 Å². The zero-order chi connectivity index (χ0) is 9.54. The number of nitrogens with zero attached hydrogens (tertiary/aromatic N) is 1. The lowest BCUT2D eigenvalue weighted by Gasteiger charge is -2.20. The van der Waals surface area contributed by atoms with E-state index in [0.717, 1.165) is 18.0 Å². The van der Waals surface area contributed by atoms with E-state index in [4.69, 9.17) is 0 Å². The van der Waals surface area contributed by atoms with Crippen LogP contribution < -0.4 is 0 Å². The zero-order valence-electron chi connectivity index (χ0n) is 7.68. The van der Waals surface area contributed by atoms with Crippen molar-refractivity contribution < 1.29 is 5.11 Å². The first kappa shape index (κ1) is 8.38. The van der Waals surface area contributed by atoms with Crippen LogP contribution in [0.15, 0.2) is 30.3 Å². The second kappa shape index (κ2) is 3.04. The molecule has 0 saturated carbocycles. The quantitative estimate of drug-likeness (QED) is 0.714. The molecule has 0 fully saturated rings. The molecule has 0 aliphatic carbocycles. The molecule has 1 aliphatic heterocycles. The normalized spacial score (nSPS) is 21.1. The van der Waals surface area contributed by atoms with Gasteiger partial charge in [0.15, 0.2) is 0 Å². The molecule has 1 aromatic heterocycles. The van der Waals surface area contributed by atoms with Crippen LogP contribution in [0.5, 0.6) is 0 Å². The summed E-state index contributed by atoms with van der Waals surface area (Å²) in [7, 11) is 0. The van der Waals surface area contributed by atoms with Crippen LogP contribution in [0.3, 0.4) is 0 Å². The third-order valence-corrected chi connectivity index (χ3v) is 3.66. The third-order valence-electron chi connectivity index (χ3n) is 2.69. The SMILES string of the molecule is OC1SCCn2c1cc1ccccc12. The van der Waals surface area contributed by atoms with Crippen molar-refractivity contribution in [1.82, 2.24) is 4.57 Å². The van der Waals surface area contributed by atoms with Crippen molar-refractivity contribution >= 4 is 22.7 Å². The number of aliphatic hydroxyl groups excluding tert-OH is 1. The first-order valence-corrected chi connectivity index (χ1v) is 5.79. The molecule has 1 N–H and O–H groups in total. The molecule has 2 heterocycles. The Hall–Kier alpha value is -0.930. The number of benzene rings is 1. The van der Waals surface area contributed by atoms with E-state index >= 15 is 0 Å². The highest BCUT2D eigenvalue weighted by Gasteiger charge is 2.20. The van der Waals surface area contributed by atoms with Crippen molar-refractivity contribution in [2.45, 2.75) is 12.0 Å². The number of hydrogen-bond acceptors (Lipinski definition) is 2. The maximum atomic E-state index is 9.80. The van der Waals surface area contributed by atoms with Crippen LogP contribution in [-0.4, -0.2) is 15.4 Å². The molecule has 2 nitrogen and oxygen atoms in total. The van der Waals surface area contributed by atoms with Crippen molar-refractivity contribution in [2.24, 2.45) is 0 Å². The smallest absolute Gasteiger partial charge is 0.140 e. The van der Waals surface area contributed by atoms with Gasteiger partial charge in [-0.25, -0.2) is 0 Å². The van der Waals surface area contributed by atoms with Gasteiger partial charge in [-0.1, -0.05) is 18.2 Å². The van der Waals surface area contributed by atoms with Crippen molar-refractivity contribution in [3.63, 3.8) is 0 Å². The standard InChI is InChI=1S/C11H11NOS/c13-11-10-7-8-3-1-2-4-9(8)12(10)5-6-14-11/h1-4,7,11,13H,5-6H2. The van der Waals surface area contributed by atoms with Crippen LogP contribution in [0.1, 0.15) is 11.1 Å². The van der Waals surface area contributed by atoms with E-state index in [1.165, 1.54) is 10.9 Å². The Balaban J connectivity index is 2.32. The minimum absolute atomic E-state index is 0.351. The predicted molar refractivity (Wildman–Crippen MR) is 59.4 cm³/mol. The van der Waals surface area contributed by atoms with Gasteiger partial charge in [0.25, 0.3) is 0 Å². The Kier molecular flexibility index (Phi) is 1.82. The molecule has 3 heteroatoms. The number of aryl methyl sites for hydroxylation is 1. The summed E-state index contributed by atoms with van der Waals surface area (Å²) in [5.74, 6) is 0.993. The molecule has 1 aliphatic rings. The number of para-hydroxylation sites is 1. The largest absolute Gasteiger partial charge is 0.376 e. The fourth-order valence-electron chi connectivity index (χ4n) is 2.03. The average Bonchev–Trinajstić information content (AvgIpc) is 2.59. The topological polar surface area (TPSA) is 25.2 Å². The van der Waals surface area contributed by atoms with Crippen molar-refractivity contribution in [3.05, 3.63) is 36.0 Å². The van der Waals surface area contributed by atoms with E-state index in [9.17, 15) is 5.11 Å². The van der Waals surface area contributed by atoms with Crippen LogP contribution >= 0.6 is 11.8 Å². The van der Waals surface area contributed by atoms with Gasteiger partial charge in [-0.05, 0) is 17.5 Å². The summed E-state index contributed by atoms with van der Waals surface area (Å²) in [6, 6.07) is 10.4. The Bertz CT molecular complexity index is 477. The molecule has 0 radical (unpaired) electrons. The van der Waals surface area contributed by atoms with E-state index < -0.39 is 0 Å². The first-order valence-electron chi connectivity index (χ1n) is 4.74. The fraction of sp³-hybridized carbons (Fsp3) is 0.273. The molecule has 2 aromatic rings. The highest BCUT2D eigenvalue weighted by Crippen LogP contribution is 2.34. The highest BCUT2D eigenvalue weighted by atomic mass is 32.2. The summed E-state index contributed by atoms with van der Waals surface area (Å²) < 4.78 is 2.22. The van der Waals surface area contributed by atoms with Crippen LogP contribution in [0.2, 0.25) is 0 Å². The third kappa shape index (κ3) is 1.09. The molecule has 0 saturated heterocycles. The molecule has 0 amide bonds. The Morgan fingerprint density at radius 3 is 3.14 bits per heavy atom. The van der Waals surface area contributed by atoms with Crippen molar-refractivity contribution in [2.75, 3.05) is 5.75 Å². The van der Waals surface area contributed by atoms with Crippen LogP contribution in [-0.2, 0) is 6.54 Å². The lowest BCUT2D eigenvalue weighted by molar-refractivity contribution is 0.256. The van der Waals surface area contributed by atoms with Crippen LogP contribution in [0, 0.1) is 0 Å². The second-order valence-corrected chi connectivity index (χ2v) is 4.69. The lowest BCUT2D eigenvalue weighted by Crippen LogP contribution is -2.13. The zero-order valence-corrected chi connectivity index (χ0v) is 8.50. The van der Waals surface area contributed by atoms with E-state index in [1.807, 2.05) is 12.1 Å². The maximum Gasteiger partial charge on any atom is 0.140 e. The number of hydrogen-bond donors (Lipinski definition) is 1. The number of rotatable bonds is 0. The second-order valence-electron chi connectivity index (χ2n) is 3.50. The fourth-order valence-corrected chi connectivity index (χ4v) is 2.90. The number of aliphatic hydroxyl groups is 1. The first-order chi connectivity index (χ1) is 6.86. The highest BCUT2D eigenvalue weighted by molar-refractivity contribution is 7.99. The van der Waals surface area contributed by atoms with Crippen LogP contribution in [0.4, 0.5) is 0 Å². The van der Waals surface area contributed by atoms with Crippen molar-refractivity contribution in [3.8, 4) is 0 Å². The molecule has 1 atom stereocenters. The number of aromatic nitrogens is 1. The molecule has 1 aromatic carbocycles. The molecule has 72 valence electrons. The van der Waals surface area contributed by atoms with Gasteiger partial charge in [0, 0.05) is 17.8 Å². The van der Waals surface area contributed by atoms with Gasteiger partial charge in [-0.3, -0.25) is 0 Å². The molecular weight excluding hydrogens is 194 g/mol. The maximum absolute atomic E-state index is 9.80. The molecular formula is C11H11NOS. The Labute approximate surface area is 86.5 Å². The summed E-state index contributed by atoms with van der Waals surface area (Å²) in [4.78, 5) is 0. The van der Waals surface area contributed by atoms with E-state index in [1.54, 1.807) is 11.8 Å². The summed E-state index contributed by atoms with van der Waals surface area (Å²) in [6.45, 7) is 1.00. The minimum Gasteiger partial charge on any atom is -0.376 e. The average molecular weight is 205 g/mol. The van der Waals surface area contributed by atoms with Crippen molar-refractivity contribution in [1.29, 1.82) is 0 Å². The number of thioether (sulfide) groups is 1. The summed E-state index contributed by atoms with van der Waals surface area (Å²) >= 11 is 1.61. The van der Waals surface area contributed by atoms with Gasteiger partial charge in [-0.2, -0.15) is 0 Å². The van der Waals surface area contributed by atoms with E-state index in [0.29, 0.717) is 0 Å². The van der Waals surface area contributed by atoms with Gasteiger partial charge in [0.1, 0.15) is 5.44 Å². The minimum atomic E-state index is -0.351. The molecule has 3 rings (SSSR count). The lowest BCUT2D eigenvalue weighted by atomic mass is 10.2. The predicted octanol–water partition coefficient (Wildman–Crippen LogP) is 2.38. The number of fused-ring (bicyclic) bond motifs is 3. The van der Waals surface area contributed by atoms with Gasteiger partial charge >= 0.3 is 0 Å². The van der Waals surface area contributed by atoms with Gasteiger partial charge < -0.3 is 9.67 Å². The Morgan fingerprint density at radius 2 is 2.21 bits per heavy atom. The summed E-state index contributed by atoms with van der Waals surface area (Å²) in [5.41, 5.74) is 1.93. The molecule has 0 spiro atoms. The monoisotopic (exact) mass is 205 g/mol. The molecule has 0 bridgehead atoms. The Morgan fingerprint density at radius 1 is 1.36 bits per heavy atom. The van der Waals surface area contributed by atoms with Gasteiger partial charge in [-0.15, -0.1) is 11.8 Å². The van der Waals surface area contributed by atoms with Gasteiger partial charge in [0.2, 0.25) is 0 Å². The molecule has 1 unspecified atom stereocenters. The summed E-state index contributed by atoms with van der Waals surface area (Å²) in [6.07, 6.45) is 0. The molecule has 14 heavy (non-hydrogen) atoms. The van der Waals surface area contributed by atoms with E-state index in [-0.39, 0.29) is 5.44 Å². The van der Waals surface area contributed by atoms with Crippen LogP contribution in [0.25, 0.3) is 10.9 Å². The summed E-state index contributed by atoms with van der Waals surface area (Å²) in [5, 5.41) is 11.0. The van der Waals surface area contributed by atoms with E-state index in [2.05, 4.69) is 22.8 Å².